The number of carboxylic acid groups (broad SMARTS) is 3. The van der Waals surface area contributed by atoms with Crippen molar-refractivity contribution >= 4 is 17.9 Å². The number of aliphatic carboxylic acids is 3. The van der Waals surface area contributed by atoms with Crippen molar-refractivity contribution in [1.82, 2.24) is 0 Å². The molecule has 0 radical (unpaired) electrons. The second kappa shape index (κ2) is 11.1. The zero-order valence-electron chi connectivity index (χ0n) is 10.3. The van der Waals surface area contributed by atoms with E-state index in [1.165, 1.54) is 0 Å². The van der Waals surface area contributed by atoms with E-state index in [4.69, 9.17) is 35.7 Å². The molecule has 0 spiro atoms. The van der Waals surface area contributed by atoms with Crippen LogP contribution >= 0.6 is 0 Å². The third-order valence-corrected chi connectivity index (χ3v) is 1.71. The smallest absolute Gasteiger partial charge is 0.336 e. The Morgan fingerprint density at radius 3 is 1.30 bits per heavy atom. The van der Waals surface area contributed by atoms with Crippen LogP contribution in [0, 0.1) is 0 Å². The molecule has 0 atom stereocenters. The van der Waals surface area contributed by atoms with Crippen LogP contribution in [0.3, 0.4) is 0 Å². The SMILES string of the molecule is O.O=C(O)CC(O)(CC(=O)O)C(=O)O.OCC(O)CO. The van der Waals surface area contributed by atoms with Gasteiger partial charge < -0.3 is 41.2 Å². The Labute approximate surface area is 112 Å². The second-order valence-electron chi connectivity index (χ2n) is 3.50. The van der Waals surface area contributed by atoms with Gasteiger partial charge in [0.25, 0.3) is 0 Å². The molecule has 0 aliphatic heterocycles. The third-order valence-electron chi connectivity index (χ3n) is 1.71. The van der Waals surface area contributed by atoms with Crippen molar-refractivity contribution in [3.63, 3.8) is 0 Å². The highest BCUT2D eigenvalue weighted by atomic mass is 16.4. The van der Waals surface area contributed by atoms with Gasteiger partial charge in [0.15, 0.2) is 5.60 Å². The van der Waals surface area contributed by atoms with Crippen LogP contribution in [-0.4, -0.2) is 84.0 Å². The first-order chi connectivity index (χ1) is 8.58. The molecule has 0 heterocycles. The minimum absolute atomic E-state index is 0. The maximum absolute atomic E-state index is 10.3. The molecule has 0 fully saturated rings. The van der Waals surface area contributed by atoms with E-state index < -0.39 is 42.5 Å². The van der Waals surface area contributed by atoms with E-state index in [0.29, 0.717) is 0 Å². The van der Waals surface area contributed by atoms with Gasteiger partial charge in [0, 0.05) is 0 Å². The summed E-state index contributed by atoms with van der Waals surface area (Å²) in [5, 5.41) is 57.8. The number of carboxylic acids is 3. The Hall–Kier alpha value is -1.79. The van der Waals surface area contributed by atoms with Gasteiger partial charge >= 0.3 is 17.9 Å². The van der Waals surface area contributed by atoms with Crippen LogP contribution in [0.5, 0.6) is 0 Å². The van der Waals surface area contributed by atoms with Crippen LogP contribution in [0.4, 0.5) is 0 Å². The lowest BCUT2D eigenvalue weighted by Crippen LogP contribution is -2.42. The first kappa shape index (κ1) is 23.3. The second-order valence-corrected chi connectivity index (χ2v) is 3.50. The summed E-state index contributed by atoms with van der Waals surface area (Å²) in [5.74, 6) is -5.02. The molecule has 20 heavy (non-hydrogen) atoms. The van der Waals surface area contributed by atoms with E-state index in [9.17, 15) is 14.4 Å². The van der Waals surface area contributed by atoms with Crippen LogP contribution in [0.15, 0.2) is 0 Å². The van der Waals surface area contributed by atoms with Crippen molar-refractivity contribution in [2.45, 2.75) is 24.5 Å². The highest BCUT2D eigenvalue weighted by molar-refractivity contribution is 5.88. The first-order valence-electron chi connectivity index (χ1n) is 4.88. The minimum atomic E-state index is -2.74. The molecular weight excluding hydrogens is 284 g/mol. The van der Waals surface area contributed by atoms with E-state index in [1.807, 2.05) is 0 Å². The summed E-state index contributed by atoms with van der Waals surface area (Å²) < 4.78 is 0. The summed E-state index contributed by atoms with van der Waals surface area (Å²) in [6.07, 6.45) is -3.24. The lowest BCUT2D eigenvalue weighted by Gasteiger charge is -2.18. The van der Waals surface area contributed by atoms with Crippen LogP contribution in [-0.2, 0) is 14.4 Å². The predicted molar refractivity (Wildman–Crippen MR) is 60.9 cm³/mol. The van der Waals surface area contributed by atoms with Crippen LogP contribution in [0.25, 0.3) is 0 Å². The highest BCUT2D eigenvalue weighted by Crippen LogP contribution is 2.15. The molecule has 11 nitrogen and oxygen atoms in total. The Balaban J connectivity index is -0.000000352. The van der Waals surface area contributed by atoms with Crippen molar-refractivity contribution in [1.29, 1.82) is 0 Å². The number of hydrogen-bond donors (Lipinski definition) is 7. The van der Waals surface area contributed by atoms with Crippen LogP contribution < -0.4 is 0 Å². The van der Waals surface area contributed by atoms with Crippen LogP contribution in [0.1, 0.15) is 12.8 Å². The van der Waals surface area contributed by atoms with Gasteiger partial charge in [-0.3, -0.25) is 9.59 Å². The summed E-state index contributed by atoms with van der Waals surface area (Å²) in [7, 11) is 0. The molecule has 0 aliphatic carbocycles. The average molecular weight is 302 g/mol. The molecule has 9 N–H and O–H groups in total. The quantitative estimate of drug-likeness (QED) is 0.243. The van der Waals surface area contributed by atoms with Gasteiger partial charge in [0.1, 0.15) is 6.10 Å². The molecule has 0 unspecified atom stereocenters. The predicted octanol–water partition coefficient (Wildman–Crippen LogP) is -3.74. The Bertz CT molecular complexity index is 293. The van der Waals surface area contributed by atoms with Crippen molar-refractivity contribution in [2.75, 3.05) is 13.2 Å². The molecule has 11 heteroatoms. The molecule has 120 valence electrons. The van der Waals surface area contributed by atoms with Gasteiger partial charge in [-0.15, -0.1) is 0 Å². The lowest BCUT2D eigenvalue weighted by atomic mass is 9.96. The standard InChI is InChI=1S/C6H8O7.C3H8O3.H2O/c7-3(8)1-6(13,5(11)12)2-4(9)10;4-1-3(6)2-5;/h13H,1-2H2,(H,7,8)(H,9,10)(H,11,12);3-6H,1-2H2;1H2. The van der Waals surface area contributed by atoms with Gasteiger partial charge in [-0.05, 0) is 0 Å². The monoisotopic (exact) mass is 302 g/mol. The van der Waals surface area contributed by atoms with Gasteiger partial charge in [-0.25, -0.2) is 4.79 Å². The maximum atomic E-state index is 10.3. The van der Waals surface area contributed by atoms with E-state index in [0.717, 1.165) is 0 Å². The molecule has 0 aromatic rings. The van der Waals surface area contributed by atoms with Crippen molar-refractivity contribution in [2.24, 2.45) is 0 Å². The molecule has 0 saturated heterocycles. The van der Waals surface area contributed by atoms with Crippen molar-refractivity contribution in [3.05, 3.63) is 0 Å². The zero-order chi connectivity index (χ0) is 15.6. The molecule has 0 aliphatic rings. The fraction of sp³-hybridized carbons (Fsp3) is 0.667. The van der Waals surface area contributed by atoms with E-state index >= 15 is 0 Å². The number of aliphatic hydroxyl groups is 4. The number of hydrogen-bond acceptors (Lipinski definition) is 7. The van der Waals surface area contributed by atoms with Gasteiger partial charge in [-0.2, -0.15) is 0 Å². The Morgan fingerprint density at radius 2 is 1.20 bits per heavy atom. The highest BCUT2D eigenvalue weighted by Gasteiger charge is 2.40. The zero-order valence-corrected chi connectivity index (χ0v) is 10.3. The van der Waals surface area contributed by atoms with Gasteiger partial charge in [0.2, 0.25) is 0 Å². The average Bonchev–Trinajstić information content (AvgIpc) is 2.26. The largest absolute Gasteiger partial charge is 0.481 e. The van der Waals surface area contributed by atoms with E-state index in [-0.39, 0.29) is 18.7 Å². The summed E-state index contributed by atoms with van der Waals surface area (Å²) >= 11 is 0. The van der Waals surface area contributed by atoms with Gasteiger partial charge in [0.05, 0.1) is 26.1 Å². The van der Waals surface area contributed by atoms with Crippen LogP contribution in [0.2, 0.25) is 0 Å². The Kier molecular flexibility index (Phi) is 12.9. The first-order valence-corrected chi connectivity index (χ1v) is 4.88. The summed E-state index contributed by atoms with van der Waals surface area (Å²) in [5.41, 5.74) is -2.74. The summed E-state index contributed by atoms with van der Waals surface area (Å²) in [6.45, 7) is -0.729. The third kappa shape index (κ3) is 11.3. The topological polar surface area (TPSA) is 224 Å². The molecule has 0 bridgehead atoms. The molecule has 0 aromatic carbocycles. The Morgan fingerprint density at radius 1 is 0.900 bits per heavy atom. The van der Waals surface area contributed by atoms with E-state index in [1.54, 1.807) is 0 Å². The fourth-order valence-electron chi connectivity index (χ4n) is 0.772. The number of carbonyl (C=O) groups is 3. The van der Waals surface area contributed by atoms with Crippen molar-refractivity contribution < 1.29 is 55.6 Å². The maximum Gasteiger partial charge on any atom is 0.336 e. The normalized spacial score (nSPS) is 10.1. The number of aliphatic hydroxyl groups excluding tert-OH is 3. The molecule has 0 aromatic heterocycles. The summed E-state index contributed by atoms with van der Waals surface area (Å²) in [6, 6.07) is 0. The van der Waals surface area contributed by atoms with Crippen molar-refractivity contribution in [3.8, 4) is 0 Å². The summed E-state index contributed by atoms with van der Waals surface area (Å²) in [4.78, 5) is 30.5. The fourth-order valence-corrected chi connectivity index (χ4v) is 0.772. The molecule has 0 rings (SSSR count). The lowest BCUT2D eigenvalue weighted by molar-refractivity contribution is -0.170. The minimum Gasteiger partial charge on any atom is -0.481 e. The van der Waals surface area contributed by atoms with Gasteiger partial charge in [-0.1, -0.05) is 0 Å². The molecular formula is C9H18O11. The molecule has 0 amide bonds. The van der Waals surface area contributed by atoms with E-state index in [2.05, 4.69) is 0 Å². The molecule has 0 saturated carbocycles. The number of rotatable bonds is 7.